The summed E-state index contributed by atoms with van der Waals surface area (Å²) in [5.41, 5.74) is 6.29. The van der Waals surface area contributed by atoms with Crippen LogP contribution in [0.15, 0.2) is 54.7 Å². The summed E-state index contributed by atoms with van der Waals surface area (Å²) in [6, 6.07) is 13.8. The summed E-state index contributed by atoms with van der Waals surface area (Å²) in [4.78, 5) is 18.8. The summed E-state index contributed by atoms with van der Waals surface area (Å²) >= 11 is 0. The Bertz CT molecular complexity index is 1260. The van der Waals surface area contributed by atoms with Crippen molar-refractivity contribution in [2.45, 2.75) is 26.4 Å². The van der Waals surface area contributed by atoms with Gasteiger partial charge >= 0.3 is 6.03 Å². The van der Waals surface area contributed by atoms with Crippen molar-refractivity contribution in [3.63, 3.8) is 0 Å². The molecule has 0 saturated carbocycles. The lowest BCUT2D eigenvalue weighted by molar-refractivity contribution is 0.186. The third kappa shape index (κ3) is 3.08. The van der Waals surface area contributed by atoms with E-state index in [1.165, 1.54) is 12.1 Å². The van der Waals surface area contributed by atoms with Crippen molar-refractivity contribution >= 4 is 22.6 Å². The van der Waals surface area contributed by atoms with E-state index in [1.807, 2.05) is 32.0 Å². The Morgan fingerprint density at radius 1 is 1.13 bits per heavy atom. The second kappa shape index (κ2) is 6.95. The zero-order valence-corrected chi connectivity index (χ0v) is 16.6. The van der Waals surface area contributed by atoms with Gasteiger partial charge in [-0.2, -0.15) is 5.10 Å². The maximum Gasteiger partial charge on any atom is 0.322 e. The fraction of sp³-hybridized carbons (Fsp3) is 0.174. The first-order chi connectivity index (χ1) is 14.5. The SMILES string of the molecule is Cc1cc(-c2n[nH]c3cc4c(cc23)CN([C@@H](C)c2ccc(F)cc2)C(=O)N4)ccn1. The Balaban J connectivity index is 1.53. The standard InChI is InChI=1S/C23H20FN5O/c1-13-9-16(7-8-25-13)22-19-10-17-12-29(14(2)15-3-5-18(24)6-4-15)23(30)26-20(17)11-21(19)27-28-22/h3-11,14H,12H2,1-2H3,(H,26,30)(H,27,28)/t14-/m0/s1. The van der Waals surface area contributed by atoms with E-state index in [-0.39, 0.29) is 17.9 Å². The lowest BCUT2D eigenvalue weighted by Crippen LogP contribution is -2.40. The van der Waals surface area contributed by atoms with E-state index in [4.69, 9.17) is 0 Å². The van der Waals surface area contributed by atoms with Crippen LogP contribution in [0, 0.1) is 12.7 Å². The predicted octanol–water partition coefficient (Wildman–Crippen LogP) is 5.18. The van der Waals surface area contributed by atoms with Crippen molar-refractivity contribution in [3.05, 3.63) is 77.4 Å². The number of benzene rings is 2. The van der Waals surface area contributed by atoms with Gasteiger partial charge in [-0.15, -0.1) is 0 Å². The van der Waals surface area contributed by atoms with Gasteiger partial charge < -0.3 is 10.2 Å². The summed E-state index contributed by atoms with van der Waals surface area (Å²) in [6.07, 6.45) is 1.77. The molecule has 5 rings (SSSR count). The maximum atomic E-state index is 13.3. The van der Waals surface area contributed by atoms with Crippen LogP contribution in [0.2, 0.25) is 0 Å². The van der Waals surface area contributed by atoms with Crippen LogP contribution in [-0.2, 0) is 6.54 Å². The molecule has 0 aliphatic carbocycles. The van der Waals surface area contributed by atoms with E-state index in [2.05, 4.69) is 26.6 Å². The molecule has 2 N–H and O–H groups in total. The van der Waals surface area contributed by atoms with Crippen LogP contribution in [0.1, 0.15) is 29.8 Å². The van der Waals surface area contributed by atoms with Crippen LogP contribution in [-0.4, -0.2) is 26.1 Å². The Labute approximate surface area is 172 Å². The number of anilines is 1. The number of nitrogens with one attached hydrogen (secondary N) is 2. The normalized spacial score (nSPS) is 14.5. The molecule has 30 heavy (non-hydrogen) atoms. The number of nitrogens with zero attached hydrogens (tertiary/aromatic N) is 3. The van der Waals surface area contributed by atoms with Gasteiger partial charge in [-0.05, 0) is 61.4 Å². The van der Waals surface area contributed by atoms with Gasteiger partial charge in [0.1, 0.15) is 11.5 Å². The Kier molecular flexibility index (Phi) is 4.24. The number of halogens is 1. The zero-order chi connectivity index (χ0) is 20.8. The molecule has 6 nitrogen and oxygen atoms in total. The number of carbonyl (C=O) groups excluding carboxylic acids is 1. The monoisotopic (exact) mass is 401 g/mol. The molecular formula is C23H20FN5O. The highest BCUT2D eigenvalue weighted by Crippen LogP contribution is 2.35. The van der Waals surface area contributed by atoms with E-state index in [1.54, 1.807) is 23.2 Å². The fourth-order valence-corrected chi connectivity index (χ4v) is 3.95. The van der Waals surface area contributed by atoms with Gasteiger partial charge in [-0.3, -0.25) is 10.1 Å². The third-order valence-corrected chi connectivity index (χ3v) is 5.62. The average Bonchev–Trinajstić information content (AvgIpc) is 3.14. The predicted molar refractivity (Wildman–Crippen MR) is 113 cm³/mol. The van der Waals surface area contributed by atoms with Gasteiger partial charge in [0.25, 0.3) is 0 Å². The van der Waals surface area contributed by atoms with Crippen LogP contribution in [0.25, 0.3) is 22.2 Å². The molecule has 0 unspecified atom stereocenters. The highest BCUT2D eigenvalue weighted by Gasteiger charge is 2.28. The molecule has 0 fully saturated rings. The van der Waals surface area contributed by atoms with E-state index < -0.39 is 0 Å². The van der Waals surface area contributed by atoms with Crippen molar-refractivity contribution in [2.24, 2.45) is 0 Å². The van der Waals surface area contributed by atoms with Gasteiger partial charge in [0.05, 0.1) is 18.1 Å². The summed E-state index contributed by atoms with van der Waals surface area (Å²) in [5.74, 6) is -0.291. The molecule has 2 amide bonds. The van der Waals surface area contributed by atoms with Gasteiger partial charge in [-0.1, -0.05) is 12.1 Å². The number of fused-ring (bicyclic) bond motifs is 2. The molecule has 0 radical (unpaired) electrons. The summed E-state index contributed by atoms with van der Waals surface area (Å²) in [7, 11) is 0. The van der Waals surface area contributed by atoms with Gasteiger partial charge in [0.2, 0.25) is 0 Å². The number of pyridine rings is 1. The number of hydrogen-bond donors (Lipinski definition) is 2. The van der Waals surface area contributed by atoms with E-state index in [9.17, 15) is 9.18 Å². The number of aromatic nitrogens is 3. The third-order valence-electron chi connectivity index (χ3n) is 5.62. The molecule has 0 spiro atoms. The molecule has 3 heterocycles. The van der Waals surface area contributed by atoms with E-state index >= 15 is 0 Å². The minimum atomic E-state index is -0.291. The number of aryl methyl sites for hydroxylation is 1. The highest BCUT2D eigenvalue weighted by atomic mass is 19.1. The van der Waals surface area contributed by atoms with Gasteiger partial charge in [0, 0.05) is 28.5 Å². The first-order valence-electron chi connectivity index (χ1n) is 9.77. The number of hydrogen-bond acceptors (Lipinski definition) is 3. The lowest BCUT2D eigenvalue weighted by Gasteiger charge is -2.34. The minimum Gasteiger partial charge on any atom is -0.313 e. The summed E-state index contributed by atoms with van der Waals surface area (Å²) in [5, 5.41) is 11.5. The average molecular weight is 401 g/mol. The van der Waals surface area contributed by atoms with Crippen LogP contribution in [0.3, 0.4) is 0 Å². The van der Waals surface area contributed by atoms with Crippen LogP contribution in [0.5, 0.6) is 0 Å². The largest absolute Gasteiger partial charge is 0.322 e. The molecule has 1 atom stereocenters. The van der Waals surface area contributed by atoms with Crippen molar-refractivity contribution < 1.29 is 9.18 Å². The van der Waals surface area contributed by atoms with Crippen molar-refractivity contribution in [3.8, 4) is 11.3 Å². The van der Waals surface area contributed by atoms with Gasteiger partial charge in [0.15, 0.2) is 0 Å². The summed E-state index contributed by atoms with van der Waals surface area (Å²) in [6.45, 7) is 4.35. The van der Waals surface area contributed by atoms with Crippen LogP contribution >= 0.6 is 0 Å². The maximum absolute atomic E-state index is 13.3. The molecule has 1 aliphatic rings. The Morgan fingerprint density at radius 2 is 1.93 bits per heavy atom. The van der Waals surface area contributed by atoms with E-state index in [0.717, 1.165) is 44.7 Å². The molecule has 0 bridgehead atoms. The molecule has 7 heteroatoms. The molecule has 150 valence electrons. The number of aromatic amines is 1. The minimum absolute atomic E-state index is 0.178. The second-order valence-corrected chi connectivity index (χ2v) is 7.60. The van der Waals surface area contributed by atoms with Crippen molar-refractivity contribution in [2.75, 3.05) is 5.32 Å². The smallest absolute Gasteiger partial charge is 0.313 e. The fourth-order valence-electron chi connectivity index (χ4n) is 3.95. The van der Waals surface area contributed by atoms with Crippen molar-refractivity contribution in [1.82, 2.24) is 20.1 Å². The van der Waals surface area contributed by atoms with Crippen molar-refractivity contribution in [1.29, 1.82) is 0 Å². The quantitative estimate of drug-likeness (QED) is 0.497. The molecule has 2 aromatic carbocycles. The van der Waals surface area contributed by atoms with Gasteiger partial charge in [-0.25, -0.2) is 9.18 Å². The second-order valence-electron chi connectivity index (χ2n) is 7.60. The lowest BCUT2D eigenvalue weighted by atomic mass is 10.0. The number of amides is 2. The first-order valence-corrected chi connectivity index (χ1v) is 9.77. The number of H-pyrrole nitrogens is 1. The molecule has 4 aromatic rings. The topological polar surface area (TPSA) is 73.9 Å². The molecule has 0 saturated heterocycles. The molecule has 1 aliphatic heterocycles. The van der Waals surface area contributed by atoms with Crippen LogP contribution < -0.4 is 5.32 Å². The van der Waals surface area contributed by atoms with Crippen LogP contribution in [0.4, 0.5) is 14.9 Å². The Morgan fingerprint density at radius 3 is 2.70 bits per heavy atom. The number of rotatable bonds is 3. The summed E-state index contributed by atoms with van der Waals surface area (Å²) < 4.78 is 13.3. The number of urea groups is 1. The molecule has 2 aromatic heterocycles. The van der Waals surface area contributed by atoms with E-state index in [0.29, 0.717) is 6.54 Å². The molecular weight excluding hydrogens is 381 g/mol. The Hall–Kier alpha value is -3.74. The first kappa shape index (κ1) is 18.3. The number of carbonyl (C=O) groups is 1. The zero-order valence-electron chi connectivity index (χ0n) is 16.6. The highest BCUT2D eigenvalue weighted by molar-refractivity contribution is 6.00.